The monoisotopic (exact) mass is 599 g/mol. The molecule has 212 valence electrons. The molecule has 1 aliphatic rings. The normalized spacial score (nSPS) is 15.2. The second kappa shape index (κ2) is 13.6. The van der Waals surface area contributed by atoms with Crippen molar-refractivity contribution in [3.8, 4) is 0 Å². The highest BCUT2D eigenvalue weighted by Crippen LogP contribution is 2.37. The Balaban J connectivity index is 1.25. The highest BCUT2D eigenvalue weighted by Gasteiger charge is 2.34. The lowest BCUT2D eigenvalue weighted by molar-refractivity contribution is -0.136. The number of hydrogen-bond donors (Lipinski definition) is 1. The molecular weight excluding hydrogens is 568 g/mol. The van der Waals surface area contributed by atoms with Crippen molar-refractivity contribution >= 4 is 58.0 Å². The third kappa shape index (κ3) is 8.06. The van der Waals surface area contributed by atoms with Crippen LogP contribution in [0.3, 0.4) is 0 Å². The highest BCUT2D eigenvalue weighted by molar-refractivity contribution is 8.00. The van der Waals surface area contributed by atoms with Crippen molar-refractivity contribution in [1.82, 2.24) is 19.8 Å². The Hall–Kier alpha value is -1.93. The Bertz CT molecular complexity index is 1250. The van der Waals surface area contributed by atoms with Gasteiger partial charge in [-0.25, -0.2) is 9.97 Å². The average molecular weight is 600 g/mol. The van der Waals surface area contributed by atoms with Crippen LogP contribution in [0.5, 0.6) is 0 Å². The number of nitrogens with one attached hydrogen (secondary N) is 1. The van der Waals surface area contributed by atoms with Gasteiger partial charge in [-0.05, 0) is 36.6 Å². The summed E-state index contributed by atoms with van der Waals surface area (Å²) < 4.78 is 45.1. The number of alkyl halides is 3. The fourth-order valence-corrected chi connectivity index (χ4v) is 6.81. The summed E-state index contributed by atoms with van der Waals surface area (Å²) in [5.74, 6) is 2.38. The molecule has 1 amide bonds. The quantitative estimate of drug-likeness (QED) is 0.262. The first kappa shape index (κ1) is 30.0. The largest absolute Gasteiger partial charge is 0.431 e. The minimum atomic E-state index is -4.48. The van der Waals surface area contributed by atoms with Crippen molar-refractivity contribution < 1.29 is 22.4 Å². The van der Waals surface area contributed by atoms with Crippen LogP contribution in [0.25, 0.3) is 11.1 Å². The molecular formula is C26H32F3N5O2S3. The van der Waals surface area contributed by atoms with E-state index in [1.54, 1.807) is 23.5 Å². The van der Waals surface area contributed by atoms with E-state index in [1.165, 1.54) is 23.9 Å². The van der Waals surface area contributed by atoms with Gasteiger partial charge < -0.3 is 9.73 Å². The van der Waals surface area contributed by atoms with E-state index in [-0.39, 0.29) is 22.2 Å². The number of pyridine rings is 1. The first-order valence-corrected chi connectivity index (χ1v) is 15.7. The maximum atomic E-state index is 13.2. The Kier molecular flexibility index (Phi) is 10.5. The smallest absolute Gasteiger partial charge is 0.420 e. The molecule has 1 fully saturated rings. The number of thioether (sulfide) groups is 3. The molecule has 0 bridgehead atoms. The van der Waals surface area contributed by atoms with Crippen LogP contribution in [-0.2, 0) is 11.0 Å². The van der Waals surface area contributed by atoms with E-state index < -0.39 is 11.7 Å². The maximum Gasteiger partial charge on any atom is 0.420 e. The number of oxazole rings is 1. The summed E-state index contributed by atoms with van der Waals surface area (Å²) in [5, 5.41) is 4.22. The van der Waals surface area contributed by atoms with Gasteiger partial charge in [-0.3, -0.25) is 14.6 Å². The van der Waals surface area contributed by atoms with Gasteiger partial charge in [0.25, 0.3) is 5.22 Å². The van der Waals surface area contributed by atoms with Gasteiger partial charge in [-0.15, -0.1) is 23.5 Å². The number of amides is 1. The number of hydrogen-bond acceptors (Lipinski definition) is 9. The van der Waals surface area contributed by atoms with Gasteiger partial charge in [-0.1, -0.05) is 31.7 Å². The highest BCUT2D eigenvalue weighted by atomic mass is 32.2. The van der Waals surface area contributed by atoms with Crippen molar-refractivity contribution in [3.05, 3.63) is 35.5 Å². The van der Waals surface area contributed by atoms with Crippen molar-refractivity contribution in [3.63, 3.8) is 0 Å². The van der Waals surface area contributed by atoms with Crippen LogP contribution >= 0.6 is 35.3 Å². The minimum absolute atomic E-state index is 0.0465. The molecule has 13 heteroatoms. The number of nitrogens with zero attached hydrogens (tertiary/aromatic N) is 4. The molecule has 3 aromatic rings. The number of carbonyl (C=O) groups excluding carboxylic acids is 1. The van der Waals surface area contributed by atoms with Crippen molar-refractivity contribution in [2.75, 3.05) is 61.8 Å². The number of fused-ring (bicyclic) bond motifs is 1. The van der Waals surface area contributed by atoms with Crippen LogP contribution < -0.4 is 5.32 Å². The summed E-state index contributed by atoms with van der Waals surface area (Å²) in [6.45, 7) is 10.3. The Labute approximate surface area is 239 Å². The molecule has 0 radical (unpaired) electrons. The van der Waals surface area contributed by atoms with E-state index in [9.17, 15) is 18.0 Å². The van der Waals surface area contributed by atoms with Crippen molar-refractivity contribution in [1.29, 1.82) is 0 Å². The lowest BCUT2D eigenvalue weighted by atomic mass is 10.2. The molecule has 3 heterocycles. The second-order valence-corrected chi connectivity index (χ2v) is 12.6. The van der Waals surface area contributed by atoms with Gasteiger partial charge in [-0.2, -0.15) is 13.2 Å². The first-order chi connectivity index (χ1) is 18.7. The number of para-hydroxylation sites is 1. The topological polar surface area (TPSA) is 74.5 Å². The third-order valence-corrected chi connectivity index (χ3v) is 8.68. The molecule has 2 aromatic heterocycles. The molecule has 1 aliphatic heterocycles. The zero-order valence-corrected chi connectivity index (χ0v) is 24.6. The zero-order chi connectivity index (χ0) is 28.0. The van der Waals surface area contributed by atoms with Crippen LogP contribution in [0.2, 0.25) is 0 Å². The van der Waals surface area contributed by atoms with Gasteiger partial charge in [0.1, 0.15) is 16.1 Å². The predicted molar refractivity (Wildman–Crippen MR) is 153 cm³/mol. The first-order valence-electron chi connectivity index (χ1n) is 12.8. The maximum absolute atomic E-state index is 13.2. The lowest BCUT2D eigenvalue weighted by Crippen LogP contribution is -2.49. The molecule has 0 spiro atoms. The van der Waals surface area contributed by atoms with E-state index in [1.807, 2.05) is 13.0 Å². The van der Waals surface area contributed by atoms with Gasteiger partial charge in [0, 0.05) is 49.1 Å². The number of halogens is 3. The van der Waals surface area contributed by atoms with Gasteiger partial charge in [0.2, 0.25) is 5.91 Å². The summed E-state index contributed by atoms with van der Waals surface area (Å²) in [5.41, 5.74) is 0.930. The Morgan fingerprint density at radius 2 is 1.77 bits per heavy atom. The molecule has 0 unspecified atom stereocenters. The fourth-order valence-electron chi connectivity index (χ4n) is 4.27. The molecule has 0 saturated carbocycles. The molecule has 39 heavy (non-hydrogen) atoms. The van der Waals surface area contributed by atoms with Crippen LogP contribution in [-0.4, -0.2) is 82.2 Å². The summed E-state index contributed by atoms with van der Waals surface area (Å²) in [4.78, 5) is 27.3. The van der Waals surface area contributed by atoms with Gasteiger partial charge >= 0.3 is 6.18 Å². The Morgan fingerprint density at radius 3 is 2.46 bits per heavy atom. The molecule has 0 aliphatic carbocycles. The number of aryl methyl sites for hydroxylation is 1. The van der Waals surface area contributed by atoms with Crippen LogP contribution in [0, 0.1) is 6.92 Å². The molecule has 1 aromatic carbocycles. The molecule has 4 rings (SSSR count). The van der Waals surface area contributed by atoms with E-state index in [0.29, 0.717) is 12.3 Å². The van der Waals surface area contributed by atoms with Crippen molar-refractivity contribution in [2.24, 2.45) is 0 Å². The van der Waals surface area contributed by atoms with E-state index >= 15 is 0 Å². The number of rotatable bonds is 11. The van der Waals surface area contributed by atoms with Gasteiger partial charge in [0.05, 0.1) is 12.2 Å². The van der Waals surface area contributed by atoms with Crippen molar-refractivity contribution in [2.45, 2.75) is 42.1 Å². The summed E-state index contributed by atoms with van der Waals surface area (Å²) in [7, 11) is 0. The molecule has 1 N–H and O–H groups in total. The Morgan fingerprint density at radius 1 is 1.05 bits per heavy atom. The number of anilines is 1. The number of carbonyl (C=O) groups is 1. The molecule has 0 atom stereocenters. The number of aromatic nitrogens is 2. The zero-order valence-electron chi connectivity index (χ0n) is 22.1. The third-order valence-electron chi connectivity index (χ3n) is 6.09. The predicted octanol–water partition coefficient (Wildman–Crippen LogP) is 6.12. The van der Waals surface area contributed by atoms with E-state index in [0.717, 1.165) is 71.6 Å². The van der Waals surface area contributed by atoms with Crippen LogP contribution in [0.1, 0.15) is 25.1 Å². The van der Waals surface area contributed by atoms with Crippen LogP contribution in [0.15, 0.2) is 43.8 Å². The average Bonchev–Trinajstić information content (AvgIpc) is 3.30. The number of benzene rings is 1. The summed E-state index contributed by atoms with van der Waals surface area (Å²) >= 11 is 4.64. The minimum Gasteiger partial charge on any atom is -0.431 e. The SMILES string of the molecule is CCSc1cc(C)nc(SCC)c1NC(=O)CN1CCN(CCSc2nc3cccc(C(F)(F)F)c3o2)CC1. The van der Waals surface area contributed by atoms with E-state index in [4.69, 9.17) is 4.42 Å². The number of piperazine rings is 1. The summed E-state index contributed by atoms with van der Waals surface area (Å²) in [6, 6.07) is 5.89. The standard InChI is InChI=1S/C26H32F3N5O2S3/c1-4-37-20-15-17(3)30-24(38-5-2)22(20)32-21(35)16-34-11-9-33(10-12-34)13-14-39-25-31-19-8-6-7-18(23(19)36-25)26(27,28)29/h6-8,15H,4-5,9-14,16H2,1-3H3,(H,32,35). The second-order valence-electron chi connectivity index (χ2n) is 8.95. The lowest BCUT2D eigenvalue weighted by Gasteiger charge is -2.34. The van der Waals surface area contributed by atoms with E-state index in [2.05, 4.69) is 38.9 Å². The molecule has 7 nitrogen and oxygen atoms in total. The van der Waals surface area contributed by atoms with Gasteiger partial charge in [0.15, 0.2) is 5.58 Å². The van der Waals surface area contributed by atoms with Crippen LogP contribution in [0.4, 0.5) is 18.9 Å². The fraction of sp³-hybridized carbons (Fsp3) is 0.500. The molecule has 1 saturated heterocycles. The summed E-state index contributed by atoms with van der Waals surface area (Å²) in [6.07, 6.45) is -4.48.